The van der Waals surface area contributed by atoms with Gasteiger partial charge in [0, 0.05) is 34.5 Å². The number of allylic oxidation sites excluding steroid dienone is 2. The Morgan fingerprint density at radius 1 is 1.10 bits per heavy atom. The molecule has 0 bridgehead atoms. The molecule has 0 spiro atoms. The first-order chi connectivity index (χ1) is 14.0. The number of benzene rings is 1. The summed E-state index contributed by atoms with van der Waals surface area (Å²) in [4.78, 5) is 16.9. The van der Waals surface area contributed by atoms with E-state index >= 15 is 0 Å². The fourth-order valence-corrected chi connectivity index (χ4v) is 4.53. The molecule has 3 heteroatoms. The Morgan fingerprint density at radius 2 is 1.76 bits per heavy atom. The van der Waals surface area contributed by atoms with E-state index < -0.39 is 0 Å². The molecule has 1 heterocycles. The van der Waals surface area contributed by atoms with Crippen LogP contribution < -0.4 is 0 Å². The van der Waals surface area contributed by atoms with Crippen LogP contribution in [0.4, 0.5) is 0 Å². The summed E-state index contributed by atoms with van der Waals surface area (Å²) in [5.41, 5.74) is 5.27. The second-order valence-electron chi connectivity index (χ2n) is 8.21. The highest BCUT2D eigenvalue weighted by Crippen LogP contribution is 2.50. The topological polar surface area (TPSA) is 50.2 Å². The van der Waals surface area contributed by atoms with Crippen LogP contribution in [0.5, 0.6) is 0 Å². The molecule has 2 aliphatic carbocycles. The first-order valence-corrected chi connectivity index (χ1v) is 10.1. The number of hydrogen-bond donors (Lipinski definition) is 1. The Labute approximate surface area is 172 Å². The van der Waals surface area contributed by atoms with Crippen LogP contribution in [0, 0.1) is 17.3 Å². The molecule has 4 rings (SSSR count). The van der Waals surface area contributed by atoms with Gasteiger partial charge < -0.3 is 5.11 Å². The molecule has 1 N–H and O–H groups in total. The van der Waals surface area contributed by atoms with E-state index in [1.165, 1.54) is 0 Å². The average Bonchev–Trinajstić information content (AvgIpc) is 2.74. The quantitative estimate of drug-likeness (QED) is 0.573. The number of carbonyl (C=O) groups excluding carboxylic acids is 1. The molecule has 0 unspecified atom stereocenters. The Balaban J connectivity index is 1.59. The van der Waals surface area contributed by atoms with Crippen molar-refractivity contribution < 1.29 is 9.90 Å². The molecule has 3 nitrogen and oxygen atoms in total. The SMILES string of the molecule is CC1=C2CCC[C@H](O)[C@@]2(C)CC(=Cc2ccc(C#Cc3ccncc3)cc2)C1=O. The average molecular weight is 383 g/mol. The summed E-state index contributed by atoms with van der Waals surface area (Å²) in [7, 11) is 0. The molecule has 0 amide bonds. The van der Waals surface area contributed by atoms with Crippen molar-refractivity contribution in [1.82, 2.24) is 4.98 Å². The summed E-state index contributed by atoms with van der Waals surface area (Å²) < 4.78 is 0. The van der Waals surface area contributed by atoms with Crippen molar-refractivity contribution in [2.24, 2.45) is 5.41 Å². The molecule has 0 saturated heterocycles. The minimum atomic E-state index is -0.386. The van der Waals surface area contributed by atoms with Crippen molar-refractivity contribution in [2.45, 2.75) is 45.6 Å². The van der Waals surface area contributed by atoms with E-state index in [-0.39, 0.29) is 17.3 Å². The van der Waals surface area contributed by atoms with Gasteiger partial charge in [0.15, 0.2) is 5.78 Å². The van der Waals surface area contributed by atoms with E-state index in [9.17, 15) is 9.90 Å². The Kier molecular flexibility index (Phi) is 5.22. The van der Waals surface area contributed by atoms with E-state index in [0.717, 1.165) is 52.7 Å². The van der Waals surface area contributed by atoms with Crippen LogP contribution in [0.3, 0.4) is 0 Å². The summed E-state index contributed by atoms with van der Waals surface area (Å²) in [6.07, 6.45) is 8.32. The summed E-state index contributed by atoms with van der Waals surface area (Å²) >= 11 is 0. The van der Waals surface area contributed by atoms with Gasteiger partial charge in [-0.15, -0.1) is 0 Å². The predicted molar refractivity (Wildman–Crippen MR) is 115 cm³/mol. The van der Waals surface area contributed by atoms with Crippen molar-refractivity contribution in [3.8, 4) is 11.8 Å². The van der Waals surface area contributed by atoms with Crippen LogP contribution in [0.15, 0.2) is 65.5 Å². The maximum atomic E-state index is 12.9. The zero-order valence-corrected chi connectivity index (χ0v) is 16.9. The maximum absolute atomic E-state index is 12.9. The molecule has 2 aliphatic rings. The minimum absolute atomic E-state index is 0.119. The van der Waals surface area contributed by atoms with Crippen molar-refractivity contribution in [3.63, 3.8) is 0 Å². The molecule has 1 fully saturated rings. The van der Waals surface area contributed by atoms with E-state index in [1.807, 2.05) is 49.4 Å². The van der Waals surface area contributed by atoms with Crippen molar-refractivity contribution in [2.75, 3.05) is 0 Å². The molecule has 0 radical (unpaired) electrons. The largest absolute Gasteiger partial charge is 0.392 e. The predicted octanol–water partition coefficient (Wildman–Crippen LogP) is 4.71. The van der Waals surface area contributed by atoms with Crippen LogP contribution in [-0.4, -0.2) is 22.0 Å². The lowest BCUT2D eigenvalue weighted by atomic mass is 9.61. The van der Waals surface area contributed by atoms with Crippen LogP contribution in [0.1, 0.15) is 56.2 Å². The van der Waals surface area contributed by atoms with Crippen LogP contribution in [0.25, 0.3) is 6.08 Å². The van der Waals surface area contributed by atoms with Crippen molar-refractivity contribution >= 4 is 11.9 Å². The second-order valence-corrected chi connectivity index (χ2v) is 8.21. The standard InChI is InChI=1S/C26H25NO2/c1-18-23-4-3-5-24(28)26(23,2)17-22(25(18)29)16-21-10-8-19(9-11-21)6-7-20-12-14-27-15-13-20/h8-16,24,28H,3-5,17H2,1-2H3/t24-,26-/m0/s1. The number of ketones is 1. The number of nitrogens with zero attached hydrogens (tertiary/aromatic N) is 1. The van der Waals surface area contributed by atoms with E-state index in [4.69, 9.17) is 0 Å². The number of aliphatic hydroxyl groups excluding tert-OH is 1. The van der Waals surface area contributed by atoms with Gasteiger partial charge in [-0.2, -0.15) is 0 Å². The zero-order chi connectivity index (χ0) is 20.4. The third kappa shape index (κ3) is 3.81. The van der Waals surface area contributed by atoms with E-state index in [0.29, 0.717) is 6.42 Å². The van der Waals surface area contributed by atoms with E-state index in [2.05, 4.69) is 23.7 Å². The number of carbonyl (C=O) groups is 1. The lowest BCUT2D eigenvalue weighted by Gasteiger charge is -2.45. The number of aromatic nitrogens is 1. The Morgan fingerprint density at radius 3 is 2.45 bits per heavy atom. The zero-order valence-electron chi connectivity index (χ0n) is 16.9. The molecule has 1 aromatic carbocycles. The molecule has 29 heavy (non-hydrogen) atoms. The number of pyridine rings is 1. The summed E-state index contributed by atoms with van der Waals surface area (Å²) in [5, 5.41) is 10.6. The van der Waals surface area contributed by atoms with Crippen LogP contribution in [-0.2, 0) is 4.79 Å². The van der Waals surface area contributed by atoms with Gasteiger partial charge in [-0.05, 0) is 74.1 Å². The third-order valence-corrected chi connectivity index (χ3v) is 6.25. The highest BCUT2D eigenvalue weighted by Gasteiger charge is 2.45. The van der Waals surface area contributed by atoms with E-state index in [1.54, 1.807) is 12.4 Å². The van der Waals surface area contributed by atoms with Crippen LogP contribution >= 0.6 is 0 Å². The minimum Gasteiger partial charge on any atom is -0.392 e. The van der Waals surface area contributed by atoms with Crippen molar-refractivity contribution in [1.29, 1.82) is 0 Å². The second kappa shape index (κ2) is 7.81. The normalized spacial score (nSPS) is 25.4. The number of aliphatic hydroxyl groups is 1. The summed E-state index contributed by atoms with van der Waals surface area (Å²) in [6, 6.07) is 11.7. The first-order valence-electron chi connectivity index (χ1n) is 10.1. The molecule has 2 atom stereocenters. The molecule has 1 aromatic heterocycles. The number of hydrogen-bond acceptors (Lipinski definition) is 3. The molecule has 2 aromatic rings. The van der Waals surface area contributed by atoms with Gasteiger partial charge in [-0.25, -0.2) is 0 Å². The number of rotatable bonds is 1. The van der Waals surface area contributed by atoms with Crippen molar-refractivity contribution in [3.05, 3.63) is 82.2 Å². The molecular formula is C26H25NO2. The summed E-state index contributed by atoms with van der Waals surface area (Å²) in [5.74, 6) is 6.39. The molecule has 1 saturated carbocycles. The maximum Gasteiger partial charge on any atom is 0.184 e. The third-order valence-electron chi connectivity index (χ3n) is 6.25. The molecule has 146 valence electrons. The fourth-order valence-electron chi connectivity index (χ4n) is 4.53. The highest BCUT2D eigenvalue weighted by atomic mass is 16.3. The lowest BCUT2D eigenvalue weighted by molar-refractivity contribution is -0.113. The number of Topliss-reactive ketones (excluding diaryl/α,β-unsaturated/α-hetero) is 1. The van der Waals surface area contributed by atoms with Gasteiger partial charge in [0.05, 0.1) is 6.10 Å². The van der Waals surface area contributed by atoms with Gasteiger partial charge in [-0.1, -0.05) is 36.5 Å². The van der Waals surface area contributed by atoms with Gasteiger partial charge in [0.1, 0.15) is 0 Å². The first kappa shape index (κ1) is 19.4. The summed E-state index contributed by atoms with van der Waals surface area (Å²) in [6.45, 7) is 4.02. The van der Waals surface area contributed by atoms with Gasteiger partial charge in [-0.3, -0.25) is 9.78 Å². The molecular weight excluding hydrogens is 358 g/mol. The number of fused-ring (bicyclic) bond motifs is 1. The smallest absolute Gasteiger partial charge is 0.184 e. The fraction of sp³-hybridized carbons (Fsp3) is 0.308. The lowest BCUT2D eigenvalue weighted by Crippen LogP contribution is -2.42. The van der Waals surface area contributed by atoms with Gasteiger partial charge >= 0.3 is 0 Å². The Hall–Kier alpha value is -2.96. The van der Waals surface area contributed by atoms with Gasteiger partial charge in [0.2, 0.25) is 0 Å². The monoisotopic (exact) mass is 383 g/mol. The van der Waals surface area contributed by atoms with Gasteiger partial charge in [0.25, 0.3) is 0 Å². The molecule has 0 aliphatic heterocycles. The highest BCUT2D eigenvalue weighted by molar-refractivity contribution is 6.12. The van der Waals surface area contributed by atoms with Crippen LogP contribution in [0.2, 0.25) is 0 Å². The Bertz CT molecular complexity index is 1050.